The van der Waals surface area contributed by atoms with Crippen molar-refractivity contribution in [3.8, 4) is 11.3 Å². The first-order chi connectivity index (χ1) is 14.1. The van der Waals surface area contributed by atoms with Crippen molar-refractivity contribution in [3.63, 3.8) is 0 Å². The van der Waals surface area contributed by atoms with Crippen LogP contribution in [-0.2, 0) is 6.42 Å². The molecule has 0 aliphatic rings. The second-order valence-electron chi connectivity index (χ2n) is 8.05. The largest absolute Gasteiger partial charge is 0.383 e. The van der Waals surface area contributed by atoms with E-state index in [0.717, 1.165) is 28.7 Å². The first-order valence-electron chi connectivity index (χ1n) is 10.6. The van der Waals surface area contributed by atoms with Crippen molar-refractivity contribution >= 4 is 27.6 Å². The Labute approximate surface area is 172 Å². The van der Waals surface area contributed by atoms with Crippen molar-refractivity contribution < 1.29 is 0 Å². The number of fused-ring (bicyclic) bond motifs is 2. The molecule has 2 heterocycles. The van der Waals surface area contributed by atoms with E-state index in [0.29, 0.717) is 5.82 Å². The molecule has 150 valence electrons. The van der Waals surface area contributed by atoms with Gasteiger partial charge in [-0.1, -0.05) is 56.5 Å². The normalized spacial score (nSPS) is 11.7. The predicted molar refractivity (Wildman–Crippen MR) is 121 cm³/mol. The molecule has 0 spiro atoms. The second kappa shape index (κ2) is 8.19. The molecule has 2 aromatic heterocycles. The van der Waals surface area contributed by atoms with Gasteiger partial charge in [-0.05, 0) is 49.1 Å². The maximum absolute atomic E-state index is 6.20. The molecule has 0 aliphatic heterocycles. The van der Waals surface area contributed by atoms with E-state index >= 15 is 0 Å². The maximum atomic E-state index is 6.20. The average molecular weight is 388 g/mol. The summed E-state index contributed by atoms with van der Waals surface area (Å²) in [6.45, 7) is 6.44. The fourth-order valence-corrected chi connectivity index (χ4v) is 3.91. The number of benzene rings is 2. The van der Waals surface area contributed by atoms with Gasteiger partial charge in [-0.2, -0.15) is 5.10 Å². The summed E-state index contributed by atoms with van der Waals surface area (Å²) in [5.41, 5.74) is 10.3. The quantitative estimate of drug-likeness (QED) is 0.399. The fourth-order valence-electron chi connectivity index (χ4n) is 3.91. The number of nitrogens with two attached hydrogens (primary N) is 1. The molecular formula is C24H29N5. The molecule has 29 heavy (non-hydrogen) atoms. The number of nitrogen functional groups attached to an aromatic ring is 1. The van der Waals surface area contributed by atoms with Gasteiger partial charge in [-0.15, -0.1) is 0 Å². The fraction of sp³-hybridized carbons (Fsp3) is 0.375. The Morgan fingerprint density at radius 1 is 0.966 bits per heavy atom. The highest BCUT2D eigenvalue weighted by atomic mass is 15.3. The van der Waals surface area contributed by atoms with Crippen molar-refractivity contribution in [1.29, 1.82) is 0 Å². The van der Waals surface area contributed by atoms with Crippen molar-refractivity contribution in [1.82, 2.24) is 19.7 Å². The van der Waals surface area contributed by atoms with Gasteiger partial charge in [0.05, 0.1) is 5.39 Å². The second-order valence-corrected chi connectivity index (χ2v) is 8.05. The van der Waals surface area contributed by atoms with E-state index in [4.69, 9.17) is 10.8 Å². The van der Waals surface area contributed by atoms with Crippen LogP contribution in [0, 0.1) is 0 Å². The van der Waals surface area contributed by atoms with Crippen LogP contribution in [0.1, 0.15) is 58.1 Å². The predicted octanol–water partition coefficient (Wildman–Crippen LogP) is 5.93. The Bertz CT molecular complexity index is 1140. The third-order valence-corrected chi connectivity index (χ3v) is 5.50. The van der Waals surface area contributed by atoms with Gasteiger partial charge in [0.15, 0.2) is 5.65 Å². The van der Waals surface area contributed by atoms with Crippen molar-refractivity contribution in [2.45, 2.75) is 58.9 Å². The van der Waals surface area contributed by atoms with Crippen LogP contribution < -0.4 is 5.73 Å². The Hall–Kier alpha value is -2.95. The average Bonchev–Trinajstić information content (AvgIpc) is 3.12. The van der Waals surface area contributed by atoms with E-state index in [1.807, 2.05) is 4.68 Å². The van der Waals surface area contributed by atoms with Gasteiger partial charge in [-0.25, -0.2) is 14.6 Å². The topological polar surface area (TPSA) is 69.6 Å². The van der Waals surface area contributed by atoms with E-state index in [1.165, 1.54) is 48.3 Å². The summed E-state index contributed by atoms with van der Waals surface area (Å²) in [7, 11) is 0. The Balaban J connectivity index is 1.72. The highest BCUT2D eigenvalue weighted by Gasteiger charge is 2.18. The minimum absolute atomic E-state index is 0.191. The van der Waals surface area contributed by atoms with Crippen LogP contribution >= 0.6 is 0 Å². The van der Waals surface area contributed by atoms with Gasteiger partial charge < -0.3 is 5.73 Å². The zero-order valence-corrected chi connectivity index (χ0v) is 17.5. The summed E-state index contributed by atoms with van der Waals surface area (Å²) >= 11 is 0. The smallest absolute Gasteiger partial charge is 0.164 e. The molecule has 4 rings (SSSR count). The van der Waals surface area contributed by atoms with Crippen LogP contribution in [-0.4, -0.2) is 19.7 Å². The number of nitrogens with zero attached hydrogens (tertiary/aromatic N) is 4. The van der Waals surface area contributed by atoms with Crippen LogP contribution in [0.5, 0.6) is 0 Å². The molecule has 0 unspecified atom stereocenters. The minimum atomic E-state index is 0.191. The van der Waals surface area contributed by atoms with E-state index in [-0.39, 0.29) is 6.04 Å². The summed E-state index contributed by atoms with van der Waals surface area (Å²) < 4.78 is 1.92. The molecule has 0 radical (unpaired) electrons. The van der Waals surface area contributed by atoms with Gasteiger partial charge in [0.2, 0.25) is 0 Å². The number of aromatic nitrogens is 4. The first-order valence-corrected chi connectivity index (χ1v) is 10.6. The van der Waals surface area contributed by atoms with Crippen LogP contribution in [0.25, 0.3) is 33.1 Å². The summed E-state index contributed by atoms with van der Waals surface area (Å²) in [6, 6.07) is 13.5. The Morgan fingerprint density at radius 2 is 1.76 bits per heavy atom. The molecule has 0 amide bonds. The standard InChI is InChI=1S/C24H29N5/c1-4-5-6-7-8-17-9-10-19-14-20(12-11-18(19)13-17)22-21-23(25)26-15-27-24(21)29(28-22)16(2)3/h9-16H,4-8H2,1-3H3,(H2,25,26,27). The monoisotopic (exact) mass is 387 g/mol. The molecular weight excluding hydrogens is 358 g/mol. The lowest BCUT2D eigenvalue weighted by Crippen LogP contribution is -2.04. The van der Waals surface area contributed by atoms with Gasteiger partial charge in [0.1, 0.15) is 17.8 Å². The lowest BCUT2D eigenvalue weighted by Gasteiger charge is -2.06. The Morgan fingerprint density at radius 3 is 2.55 bits per heavy atom. The highest BCUT2D eigenvalue weighted by molar-refractivity contribution is 6.00. The third-order valence-electron chi connectivity index (χ3n) is 5.50. The maximum Gasteiger partial charge on any atom is 0.164 e. The lowest BCUT2D eigenvalue weighted by atomic mass is 9.99. The van der Waals surface area contributed by atoms with Crippen LogP contribution in [0.15, 0.2) is 42.7 Å². The third kappa shape index (κ3) is 3.82. The zero-order valence-electron chi connectivity index (χ0n) is 17.5. The molecule has 0 saturated heterocycles. The van der Waals surface area contributed by atoms with E-state index in [9.17, 15) is 0 Å². The summed E-state index contributed by atoms with van der Waals surface area (Å²) in [4.78, 5) is 8.63. The molecule has 0 bridgehead atoms. The lowest BCUT2D eigenvalue weighted by molar-refractivity contribution is 0.548. The zero-order chi connectivity index (χ0) is 20.4. The Kier molecular flexibility index (Phi) is 5.47. The van der Waals surface area contributed by atoms with Crippen molar-refractivity contribution in [3.05, 3.63) is 48.3 Å². The molecule has 5 heteroatoms. The van der Waals surface area contributed by atoms with E-state index < -0.39 is 0 Å². The summed E-state index contributed by atoms with van der Waals surface area (Å²) in [6.07, 6.45) is 7.81. The van der Waals surface area contributed by atoms with Crippen molar-refractivity contribution in [2.75, 3.05) is 5.73 Å². The van der Waals surface area contributed by atoms with Gasteiger partial charge in [0, 0.05) is 11.6 Å². The number of unbranched alkanes of at least 4 members (excludes halogenated alkanes) is 3. The molecule has 0 saturated carbocycles. The SMILES string of the molecule is CCCCCCc1ccc2cc(-c3nn(C(C)C)c4ncnc(N)c34)ccc2c1. The number of aryl methyl sites for hydroxylation is 1. The molecule has 4 aromatic rings. The van der Waals surface area contributed by atoms with Gasteiger partial charge in [0.25, 0.3) is 0 Å². The van der Waals surface area contributed by atoms with E-state index in [1.54, 1.807) is 0 Å². The first kappa shape index (κ1) is 19.4. The molecule has 5 nitrogen and oxygen atoms in total. The highest BCUT2D eigenvalue weighted by Crippen LogP contribution is 2.33. The molecule has 0 atom stereocenters. The minimum Gasteiger partial charge on any atom is -0.383 e. The van der Waals surface area contributed by atoms with Crippen molar-refractivity contribution in [2.24, 2.45) is 0 Å². The summed E-state index contributed by atoms with van der Waals surface area (Å²) in [5, 5.41) is 8.14. The van der Waals surface area contributed by atoms with Crippen LogP contribution in [0.2, 0.25) is 0 Å². The molecule has 0 aliphatic carbocycles. The van der Waals surface area contributed by atoms with E-state index in [2.05, 4.69) is 67.1 Å². The summed E-state index contributed by atoms with van der Waals surface area (Å²) in [5.74, 6) is 0.472. The molecule has 2 N–H and O–H groups in total. The number of anilines is 1. The number of hydrogen-bond acceptors (Lipinski definition) is 4. The molecule has 0 fully saturated rings. The number of rotatable bonds is 7. The van der Waals surface area contributed by atoms with Crippen LogP contribution in [0.4, 0.5) is 5.82 Å². The molecule has 2 aromatic carbocycles. The van der Waals surface area contributed by atoms with Gasteiger partial charge >= 0.3 is 0 Å². The number of hydrogen-bond donors (Lipinski definition) is 1. The van der Waals surface area contributed by atoms with Gasteiger partial charge in [-0.3, -0.25) is 0 Å². The van der Waals surface area contributed by atoms with Crippen LogP contribution in [0.3, 0.4) is 0 Å².